The minimum Gasteiger partial charge on any atom is -0.453 e. The number of carbonyl (C=O) groups excluding carboxylic acids is 1. The zero-order valence-electron chi connectivity index (χ0n) is 13.7. The first-order valence-electron chi connectivity index (χ1n) is 8.49. The molecule has 1 atom stereocenters. The van der Waals surface area contributed by atoms with Gasteiger partial charge in [0.15, 0.2) is 5.76 Å². The molecule has 2 fully saturated rings. The number of ether oxygens (including phenoxy) is 1. The summed E-state index contributed by atoms with van der Waals surface area (Å²) in [5.41, 5.74) is 0. The number of piperidine rings is 1. The average Bonchev–Trinajstić information content (AvgIpc) is 3.10. The quantitative estimate of drug-likeness (QED) is 0.906. The van der Waals surface area contributed by atoms with Crippen LogP contribution in [0.15, 0.2) is 16.5 Å². The molecule has 3 rings (SSSR count). The molecule has 2 aliphatic rings. The topological polar surface area (TPSA) is 66.2 Å². The van der Waals surface area contributed by atoms with Crippen LogP contribution < -0.4 is 0 Å². The molecule has 0 saturated carbocycles. The monoisotopic (exact) mass is 322 g/mol. The van der Waals surface area contributed by atoms with Crippen molar-refractivity contribution in [2.75, 3.05) is 39.4 Å². The number of aliphatic hydroxyl groups excluding tert-OH is 1. The number of hydrogen-bond donors (Lipinski definition) is 1. The van der Waals surface area contributed by atoms with E-state index in [1.165, 1.54) is 0 Å². The molecule has 0 aliphatic carbocycles. The molecule has 2 saturated heterocycles. The second-order valence-corrected chi connectivity index (χ2v) is 6.44. The Morgan fingerprint density at radius 2 is 1.96 bits per heavy atom. The third-order valence-electron chi connectivity index (χ3n) is 5.16. The molecule has 0 spiro atoms. The number of likely N-dealkylation sites (tertiary alicyclic amines) is 1. The maximum atomic E-state index is 12.4. The second kappa shape index (κ2) is 7.47. The summed E-state index contributed by atoms with van der Waals surface area (Å²) in [6, 6.07) is 3.84. The van der Waals surface area contributed by atoms with Gasteiger partial charge in [-0.1, -0.05) is 0 Å². The van der Waals surface area contributed by atoms with Crippen molar-refractivity contribution in [3.05, 3.63) is 23.7 Å². The number of nitrogens with zero attached hydrogens (tertiary/aromatic N) is 2. The molecular weight excluding hydrogens is 296 g/mol. The molecule has 0 radical (unpaired) electrons. The molecule has 3 heterocycles. The van der Waals surface area contributed by atoms with E-state index in [9.17, 15) is 4.79 Å². The summed E-state index contributed by atoms with van der Waals surface area (Å²) in [7, 11) is 0. The van der Waals surface area contributed by atoms with Gasteiger partial charge in [-0.05, 0) is 37.8 Å². The Hall–Kier alpha value is -1.37. The Morgan fingerprint density at radius 3 is 2.57 bits per heavy atom. The van der Waals surface area contributed by atoms with Crippen LogP contribution in [0.25, 0.3) is 0 Å². The molecule has 0 aromatic carbocycles. The van der Waals surface area contributed by atoms with E-state index in [0.29, 0.717) is 23.5 Å². The fraction of sp³-hybridized carbons (Fsp3) is 0.706. The van der Waals surface area contributed by atoms with Crippen LogP contribution in [0.1, 0.15) is 36.1 Å². The van der Waals surface area contributed by atoms with Crippen LogP contribution in [-0.2, 0) is 11.3 Å². The number of hydrogen-bond acceptors (Lipinski definition) is 5. The third kappa shape index (κ3) is 3.76. The molecular formula is C17H26N2O4. The van der Waals surface area contributed by atoms with E-state index >= 15 is 0 Å². The Labute approximate surface area is 137 Å². The first kappa shape index (κ1) is 16.5. The van der Waals surface area contributed by atoms with Crippen molar-refractivity contribution in [2.45, 2.75) is 32.4 Å². The third-order valence-corrected chi connectivity index (χ3v) is 5.16. The maximum absolute atomic E-state index is 12.4. The number of rotatable bonds is 4. The van der Waals surface area contributed by atoms with E-state index in [4.69, 9.17) is 14.3 Å². The van der Waals surface area contributed by atoms with Crippen molar-refractivity contribution >= 4 is 5.91 Å². The highest BCUT2D eigenvalue weighted by Crippen LogP contribution is 2.25. The van der Waals surface area contributed by atoms with Crippen molar-refractivity contribution in [1.82, 2.24) is 9.80 Å². The summed E-state index contributed by atoms with van der Waals surface area (Å²) < 4.78 is 10.8. The molecule has 1 amide bonds. The smallest absolute Gasteiger partial charge is 0.289 e. The Kier molecular flexibility index (Phi) is 5.35. The molecule has 1 unspecified atom stereocenters. The number of furan rings is 1. The second-order valence-electron chi connectivity index (χ2n) is 6.44. The zero-order chi connectivity index (χ0) is 16.2. The van der Waals surface area contributed by atoms with Crippen molar-refractivity contribution in [3.63, 3.8) is 0 Å². The van der Waals surface area contributed by atoms with Crippen LogP contribution >= 0.6 is 0 Å². The molecule has 128 valence electrons. The number of aliphatic hydroxyl groups is 1. The van der Waals surface area contributed by atoms with Crippen LogP contribution in [0, 0.1) is 5.92 Å². The van der Waals surface area contributed by atoms with Crippen LogP contribution in [0.3, 0.4) is 0 Å². The van der Waals surface area contributed by atoms with Gasteiger partial charge in [-0.15, -0.1) is 0 Å². The van der Waals surface area contributed by atoms with Crippen molar-refractivity contribution in [1.29, 1.82) is 0 Å². The zero-order valence-corrected chi connectivity index (χ0v) is 13.7. The Balaban J connectivity index is 1.52. The van der Waals surface area contributed by atoms with Gasteiger partial charge in [-0.3, -0.25) is 9.69 Å². The van der Waals surface area contributed by atoms with Gasteiger partial charge in [0.05, 0.1) is 13.2 Å². The summed E-state index contributed by atoms with van der Waals surface area (Å²) >= 11 is 0. The predicted octanol–water partition coefficient (Wildman–Crippen LogP) is 1.34. The maximum Gasteiger partial charge on any atom is 0.289 e. The molecule has 2 aliphatic heterocycles. The van der Waals surface area contributed by atoms with Crippen LogP contribution in [-0.4, -0.2) is 66.2 Å². The summed E-state index contributed by atoms with van der Waals surface area (Å²) in [5.74, 6) is 1.32. The van der Waals surface area contributed by atoms with Gasteiger partial charge in [0, 0.05) is 32.2 Å². The SMILES string of the molecule is CC(C1CCN(C(=O)c2ccc(CO)o2)CC1)N1CCOCC1. The first-order valence-corrected chi connectivity index (χ1v) is 8.49. The van der Waals surface area contributed by atoms with E-state index in [2.05, 4.69) is 11.8 Å². The number of carbonyl (C=O) groups is 1. The highest BCUT2D eigenvalue weighted by molar-refractivity contribution is 5.91. The van der Waals surface area contributed by atoms with E-state index in [-0.39, 0.29) is 12.5 Å². The minimum atomic E-state index is -0.174. The summed E-state index contributed by atoms with van der Waals surface area (Å²) in [6.45, 7) is 7.34. The van der Waals surface area contributed by atoms with Crippen molar-refractivity contribution in [3.8, 4) is 0 Å². The summed E-state index contributed by atoms with van der Waals surface area (Å²) in [6.07, 6.45) is 2.05. The minimum absolute atomic E-state index is 0.0674. The van der Waals surface area contributed by atoms with Gasteiger partial charge in [-0.25, -0.2) is 0 Å². The van der Waals surface area contributed by atoms with E-state index < -0.39 is 0 Å². The van der Waals surface area contributed by atoms with Gasteiger partial charge >= 0.3 is 0 Å². The Bertz CT molecular complexity index is 516. The van der Waals surface area contributed by atoms with E-state index in [0.717, 1.165) is 52.2 Å². The first-order chi connectivity index (χ1) is 11.2. The Morgan fingerprint density at radius 1 is 1.26 bits per heavy atom. The highest BCUT2D eigenvalue weighted by atomic mass is 16.5. The standard InChI is InChI=1S/C17H26N2O4/c1-13(18-8-10-22-11-9-18)14-4-6-19(7-5-14)17(21)16-3-2-15(12-20)23-16/h2-3,13-14,20H,4-12H2,1H3. The van der Waals surface area contributed by atoms with Crippen LogP contribution in [0.5, 0.6) is 0 Å². The fourth-order valence-corrected chi connectivity index (χ4v) is 3.60. The van der Waals surface area contributed by atoms with Gasteiger partial charge in [0.1, 0.15) is 12.4 Å². The molecule has 6 heteroatoms. The van der Waals surface area contributed by atoms with Crippen molar-refractivity contribution in [2.24, 2.45) is 5.92 Å². The lowest BCUT2D eigenvalue weighted by Crippen LogP contribution is -2.49. The largest absolute Gasteiger partial charge is 0.453 e. The van der Waals surface area contributed by atoms with Crippen LogP contribution in [0.2, 0.25) is 0 Å². The molecule has 0 bridgehead atoms. The van der Waals surface area contributed by atoms with Gasteiger partial charge in [0.25, 0.3) is 5.91 Å². The fourth-order valence-electron chi connectivity index (χ4n) is 3.60. The molecule has 1 aromatic heterocycles. The van der Waals surface area contributed by atoms with E-state index in [1.807, 2.05) is 4.90 Å². The van der Waals surface area contributed by atoms with Gasteiger partial charge in [0.2, 0.25) is 0 Å². The summed E-state index contributed by atoms with van der Waals surface area (Å²) in [4.78, 5) is 16.8. The number of morpholine rings is 1. The molecule has 6 nitrogen and oxygen atoms in total. The molecule has 1 aromatic rings. The normalized spacial score (nSPS) is 22.3. The van der Waals surface area contributed by atoms with Crippen molar-refractivity contribution < 1.29 is 19.1 Å². The number of amides is 1. The predicted molar refractivity (Wildman–Crippen MR) is 85.1 cm³/mol. The van der Waals surface area contributed by atoms with Gasteiger partial charge < -0.3 is 19.2 Å². The average molecular weight is 322 g/mol. The lowest BCUT2D eigenvalue weighted by atomic mass is 9.89. The lowest BCUT2D eigenvalue weighted by Gasteiger charge is -2.40. The highest BCUT2D eigenvalue weighted by Gasteiger charge is 2.31. The van der Waals surface area contributed by atoms with Crippen LogP contribution in [0.4, 0.5) is 0 Å². The van der Waals surface area contributed by atoms with Gasteiger partial charge in [-0.2, -0.15) is 0 Å². The lowest BCUT2D eigenvalue weighted by molar-refractivity contribution is -0.00115. The molecule has 1 N–H and O–H groups in total. The van der Waals surface area contributed by atoms with E-state index in [1.54, 1.807) is 12.1 Å². The molecule has 23 heavy (non-hydrogen) atoms. The summed E-state index contributed by atoms with van der Waals surface area (Å²) in [5, 5.41) is 9.03.